The number of amides is 1. The highest BCUT2D eigenvalue weighted by molar-refractivity contribution is 5.94. The lowest BCUT2D eigenvalue weighted by molar-refractivity contribution is -0.0886. The summed E-state index contributed by atoms with van der Waals surface area (Å²) in [6, 6.07) is 3.08. The molecule has 0 aromatic carbocycles. The molecule has 2 heterocycles. The van der Waals surface area contributed by atoms with E-state index < -0.39 is 5.60 Å². The first-order chi connectivity index (χ1) is 9.99. The Labute approximate surface area is 124 Å². The molecule has 0 spiro atoms. The normalized spacial score (nSPS) is 29.0. The molecule has 1 aliphatic carbocycles. The van der Waals surface area contributed by atoms with E-state index in [0.717, 1.165) is 25.7 Å². The summed E-state index contributed by atoms with van der Waals surface area (Å²) in [4.78, 5) is 26.0. The first-order valence-electron chi connectivity index (χ1n) is 7.68. The number of carbonyl (C=O) groups is 1. The number of nitrogens with zero attached hydrogens (tertiary/aromatic N) is 2. The standard InChI is InChI=1S/C16H22N2O3/c1-17-8-5-12(10-14(17)19)15(20)18-9-7-16(21)6-3-2-4-13(16)11-18/h5,8,10,13,21H,2-4,6-7,9,11H2,1H3. The molecular weight excluding hydrogens is 268 g/mol. The fraction of sp³-hybridized carbons (Fsp3) is 0.625. The van der Waals surface area contributed by atoms with Gasteiger partial charge in [0.15, 0.2) is 0 Å². The van der Waals surface area contributed by atoms with Gasteiger partial charge in [-0.2, -0.15) is 0 Å². The Bertz CT molecular complexity index is 610. The van der Waals surface area contributed by atoms with E-state index in [1.165, 1.54) is 10.6 Å². The van der Waals surface area contributed by atoms with Gasteiger partial charge in [-0.05, 0) is 25.3 Å². The average molecular weight is 290 g/mol. The van der Waals surface area contributed by atoms with Crippen molar-refractivity contribution in [3.63, 3.8) is 0 Å². The van der Waals surface area contributed by atoms with Gasteiger partial charge < -0.3 is 14.6 Å². The number of hydrogen-bond donors (Lipinski definition) is 1. The Balaban J connectivity index is 1.77. The number of pyridine rings is 1. The van der Waals surface area contributed by atoms with Crippen molar-refractivity contribution < 1.29 is 9.90 Å². The second-order valence-electron chi connectivity index (χ2n) is 6.41. The second-order valence-corrected chi connectivity index (χ2v) is 6.41. The zero-order valence-corrected chi connectivity index (χ0v) is 12.4. The molecule has 1 amide bonds. The number of rotatable bonds is 1. The lowest BCUT2D eigenvalue weighted by atomic mass is 9.71. The molecule has 2 fully saturated rings. The summed E-state index contributed by atoms with van der Waals surface area (Å²) in [6.07, 6.45) is 6.31. The van der Waals surface area contributed by atoms with E-state index in [1.54, 1.807) is 24.2 Å². The maximum atomic E-state index is 12.5. The fourth-order valence-corrected chi connectivity index (χ4v) is 3.62. The second kappa shape index (κ2) is 5.30. The highest BCUT2D eigenvalue weighted by atomic mass is 16.3. The van der Waals surface area contributed by atoms with Crippen molar-refractivity contribution in [3.05, 3.63) is 34.2 Å². The quantitative estimate of drug-likeness (QED) is 0.844. The molecule has 0 radical (unpaired) electrons. The topological polar surface area (TPSA) is 62.5 Å². The Morgan fingerprint density at radius 1 is 1.38 bits per heavy atom. The van der Waals surface area contributed by atoms with Gasteiger partial charge in [-0.15, -0.1) is 0 Å². The summed E-state index contributed by atoms with van der Waals surface area (Å²) in [6.45, 7) is 1.17. The number of piperidine rings is 1. The predicted molar refractivity (Wildman–Crippen MR) is 79.1 cm³/mol. The van der Waals surface area contributed by atoms with Gasteiger partial charge in [0, 0.05) is 43.9 Å². The Morgan fingerprint density at radius 2 is 2.19 bits per heavy atom. The van der Waals surface area contributed by atoms with Crippen LogP contribution in [0.15, 0.2) is 23.1 Å². The van der Waals surface area contributed by atoms with Crippen LogP contribution in [0.4, 0.5) is 0 Å². The van der Waals surface area contributed by atoms with Crippen molar-refractivity contribution in [2.24, 2.45) is 13.0 Å². The molecule has 114 valence electrons. The van der Waals surface area contributed by atoms with Crippen LogP contribution in [0.25, 0.3) is 0 Å². The minimum atomic E-state index is -0.581. The van der Waals surface area contributed by atoms with Crippen molar-refractivity contribution in [2.45, 2.75) is 37.7 Å². The van der Waals surface area contributed by atoms with Gasteiger partial charge in [-0.3, -0.25) is 9.59 Å². The summed E-state index contributed by atoms with van der Waals surface area (Å²) in [7, 11) is 1.67. The van der Waals surface area contributed by atoms with Crippen LogP contribution in [-0.4, -0.2) is 39.2 Å². The summed E-state index contributed by atoms with van der Waals surface area (Å²) in [5.41, 5.74) is -0.312. The van der Waals surface area contributed by atoms with Crippen LogP contribution >= 0.6 is 0 Å². The van der Waals surface area contributed by atoms with Crippen LogP contribution in [0, 0.1) is 5.92 Å². The number of fused-ring (bicyclic) bond motifs is 1. The summed E-state index contributed by atoms with van der Waals surface area (Å²) >= 11 is 0. The Hall–Kier alpha value is -1.62. The number of aliphatic hydroxyl groups is 1. The molecule has 21 heavy (non-hydrogen) atoms. The molecule has 1 N–H and O–H groups in total. The van der Waals surface area contributed by atoms with Gasteiger partial charge in [0.1, 0.15) is 0 Å². The zero-order chi connectivity index (χ0) is 15.0. The van der Waals surface area contributed by atoms with Crippen molar-refractivity contribution in [1.29, 1.82) is 0 Å². The molecule has 3 rings (SSSR count). The third-order valence-corrected chi connectivity index (χ3v) is 5.07. The molecule has 5 heteroatoms. The monoisotopic (exact) mass is 290 g/mol. The van der Waals surface area contributed by atoms with Crippen LogP contribution in [0.3, 0.4) is 0 Å². The van der Waals surface area contributed by atoms with E-state index in [4.69, 9.17) is 0 Å². The van der Waals surface area contributed by atoms with E-state index in [1.807, 2.05) is 0 Å². The molecule has 1 aromatic heterocycles. The zero-order valence-electron chi connectivity index (χ0n) is 12.4. The third kappa shape index (κ3) is 2.62. The van der Waals surface area contributed by atoms with Crippen molar-refractivity contribution in [3.8, 4) is 0 Å². The van der Waals surface area contributed by atoms with Crippen LogP contribution in [0.2, 0.25) is 0 Å². The van der Waals surface area contributed by atoms with E-state index in [9.17, 15) is 14.7 Å². The molecule has 2 aliphatic rings. The first-order valence-corrected chi connectivity index (χ1v) is 7.68. The largest absolute Gasteiger partial charge is 0.389 e. The third-order valence-electron chi connectivity index (χ3n) is 5.07. The van der Waals surface area contributed by atoms with Gasteiger partial charge in [0.25, 0.3) is 11.5 Å². The maximum Gasteiger partial charge on any atom is 0.254 e. The van der Waals surface area contributed by atoms with Crippen LogP contribution in [0.1, 0.15) is 42.5 Å². The summed E-state index contributed by atoms with van der Waals surface area (Å²) in [5.74, 6) is 0.0795. The number of hydrogen-bond acceptors (Lipinski definition) is 3. The lowest BCUT2D eigenvalue weighted by Crippen LogP contribution is -2.54. The minimum absolute atomic E-state index is 0.0969. The van der Waals surface area contributed by atoms with E-state index in [-0.39, 0.29) is 17.4 Å². The van der Waals surface area contributed by atoms with Crippen LogP contribution in [-0.2, 0) is 7.05 Å². The van der Waals surface area contributed by atoms with E-state index in [0.29, 0.717) is 25.1 Å². The lowest BCUT2D eigenvalue weighted by Gasteiger charge is -2.47. The summed E-state index contributed by atoms with van der Waals surface area (Å²) in [5, 5.41) is 10.7. The maximum absolute atomic E-state index is 12.5. The molecule has 1 aromatic rings. The first kappa shape index (κ1) is 14.3. The smallest absolute Gasteiger partial charge is 0.254 e. The summed E-state index contributed by atoms with van der Waals surface area (Å²) < 4.78 is 1.45. The predicted octanol–water partition coefficient (Wildman–Crippen LogP) is 1.15. The van der Waals surface area contributed by atoms with E-state index >= 15 is 0 Å². The van der Waals surface area contributed by atoms with Gasteiger partial charge in [-0.1, -0.05) is 12.8 Å². The van der Waals surface area contributed by atoms with Gasteiger partial charge in [-0.25, -0.2) is 0 Å². The van der Waals surface area contributed by atoms with Crippen molar-refractivity contribution in [1.82, 2.24) is 9.47 Å². The van der Waals surface area contributed by atoms with Gasteiger partial charge in [0.2, 0.25) is 0 Å². The average Bonchev–Trinajstić information content (AvgIpc) is 2.48. The van der Waals surface area contributed by atoms with Crippen LogP contribution < -0.4 is 5.56 Å². The number of aryl methyl sites for hydroxylation is 1. The molecule has 2 unspecified atom stereocenters. The van der Waals surface area contributed by atoms with Gasteiger partial charge >= 0.3 is 0 Å². The van der Waals surface area contributed by atoms with Crippen molar-refractivity contribution in [2.75, 3.05) is 13.1 Å². The van der Waals surface area contributed by atoms with E-state index in [2.05, 4.69) is 0 Å². The highest BCUT2D eigenvalue weighted by Crippen LogP contribution is 2.39. The molecule has 1 saturated carbocycles. The Kier molecular flexibility index (Phi) is 3.61. The SMILES string of the molecule is Cn1ccc(C(=O)N2CCC3(O)CCCCC3C2)cc1=O. The Morgan fingerprint density at radius 3 is 2.95 bits per heavy atom. The van der Waals surface area contributed by atoms with Crippen molar-refractivity contribution >= 4 is 5.91 Å². The van der Waals surface area contributed by atoms with Crippen LogP contribution in [0.5, 0.6) is 0 Å². The molecule has 5 nitrogen and oxygen atoms in total. The van der Waals surface area contributed by atoms with Gasteiger partial charge in [0.05, 0.1) is 5.60 Å². The molecular formula is C16H22N2O3. The molecule has 2 atom stereocenters. The molecule has 0 bridgehead atoms. The molecule has 1 aliphatic heterocycles. The minimum Gasteiger partial charge on any atom is -0.389 e. The fourth-order valence-electron chi connectivity index (χ4n) is 3.62. The molecule has 1 saturated heterocycles. The highest BCUT2D eigenvalue weighted by Gasteiger charge is 2.43. The number of carbonyl (C=O) groups excluding carboxylic acids is 1. The number of aromatic nitrogens is 1. The number of likely N-dealkylation sites (tertiary alicyclic amines) is 1.